The molecule has 0 amide bonds. The summed E-state index contributed by atoms with van der Waals surface area (Å²) < 4.78 is 0. The second kappa shape index (κ2) is 7.05. The molecule has 0 aromatic heterocycles. The zero-order valence-corrected chi connectivity index (χ0v) is 10.9. The van der Waals surface area contributed by atoms with E-state index in [0.29, 0.717) is 0 Å². The molecule has 0 aliphatic heterocycles. The fraction of sp³-hybridized carbons (Fsp3) is 0.438. The molecule has 1 aromatic rings. The molecular formula is C16H22O. The zero-order chi connectivity index (χ0) is 12.7. The lowest BCUT2D eigenvalue weighted by Crippen LogP contribution is -1.99. The van der Waals surface area contributed by atoms with Crippen LogP contribution in [0.5, 0.6) is 0 Å². The van der Waals surface area contributed by atoms with Gasteiger partial charge in [0, 0.05) is 5.92 Å². The average molecular weight is 230 g/mol. The van der Waals surface area contributed by atoms with Gasteiger partial charge >= 0.3 is 0 Å². The van der Waals surface area contributed by atoms with Crippen LogP contribution in [0.4, 0.5) is 0 Å². The van der Waals surface area contributed by atoms with E-state index in [1.54, 1.807) is 0 Å². The molecule has 1 rings (SSSR count). The van der Waals surface area contributed by atoms with Crippen molar-refractivity contribution in [2.24, 2.45) is 0 Å². The number of aldehydes is 1. The molecule has 0 saturated heterocycles. The van der Waals surface area contributed by atoms with E-state index in [-0.39, 0.29) is 5.92 Å². The van der Waals surface area contributed by atoms with Crippen LogP contribution in [-0.4, -0.2) is 6.29 Å². The number of unbranched alkanes of at least 4 members (excludes halogenated alkanes) is 2. The maximum atomic E-state index is 10.9. The van der Waals surface area contributed by atoms with Crippen LogP contribution in [0.2, 0.25) is 0 Å². The second-order valence-electron chi connectivity index (χ2n) is 4.57. The standard InChI is InChI=1S/C16H22O/c1-4-5-6-9-13(2)15-10-7-8-11-16(15)14(3)12-17/h7-8,10-12,14H,2,4-6,9H2,1,3H3. The van der Waals surface area contributed by atoms with Crippen LogP contribution in [0.1, 0.15) is 56.6 Å². The molecule has 1 unspecified atom stereocenters. The SMILES string of the molecule is C=C(CCCCC)c1ccccc1C(C)C=O. The average Bonchev–Trinajstić information content (AvgIpc) is 2.38. The third kappa shape index (κ3) is 3.85. The van der Waals surface area contributed by atoms with Gasteiger partial charge in [0.25, 0.3) is 0 Å². The molecule has 0 bridgehead atoms. The quantitative estimate of drug-likeness (QED) is 0.495. The lowest BCUT2D eigenvalue weighted by Gasteiger charge is -2.13. The lowest BCUT2D eigenvalue weighted by atomic mass is 9.91. The maximum absolute atomic E-state index is 10.9. The molecule has 1 aromatic carbocycles. The van der Waals surface area contributed by atoms with Gasteiger partial charge < -0.3 is 4.79 Å². The lowest BCUT2D eigenvalue weighted by molar-refractivity contribution is -0.108. The summed E-state index contributed by atoms with van der Waals surface area (Å²) in [5, 5.41) is 0. The zero-order valence-electron chi connectivity index (χ0n) is 10.9. The number of benzene rings is 1. The summed E-state index contributed by atoms with van der Waals surface area (Å²) in [6.07, 6.45) is 5.66. The first-order valence-electron chi connectivity index (χ1n) is 6.43. The second-order valence-corrected chi connectivity index (χ2v) is 4.57. The summed E-state index contributed by atoms with van der Waals surface area (Å²) in [5.74, 6) is -0.0471. The van der Waals surface area contributed by atoms with Gasteiger partial charge in [-0.3, -0.25) is 0 Å². The highest BCUT2D eigenvalue weighted by Crippen LogP contribution is 2.27. The Morgan fingerprint density at radius 3 is 2.71 bits per heavy atom. The predicted molar refractivity (Wildman–Crippen MR) is 74.1 cm³/mol. The van der Waals surface area contributed by atoms with Gasteiger partial charge in [-0.25, -0.2) is 0 Å². The van der Waals surface area contributed by atoms with E-state index in [2.05, 4.69) is 19.6 Å². The van der Waals surface area contributed by atoms with Gasteiger partial charge in [-0.2, -0.15) is 0 Å². The van der Waals surface area contributed by atoms with E-state index in [9.17, 15) is 4.79 Å². The highest BCUT2D eigenvalue weighted by molar-refractivity contribution is 5.72. The molecule has 0 fully saturated rings. The molecule has 1 heteroatoms. The summed E-state index contributed by atoms with van der Waals surface area (Å²) >= 11 is 0. The van der Waals surface area contributed by atoms with E-state index < -0.39 is 0 Å². The monoisotopic (exact) mass is 230 g/mol. The first-order chi connectivity index (χ1) is 8.20. The van der Waals surface area contributed by atoms with Crippen LogP contribution < -0.4 is 0 Å². The molecule has 92 valence electrons. The number of rotatable bonds is 7. The summed E-state index contributed by atoms with van der Waals surface area (Å²) in [4.78, 5) is 10.9. The Morgan fingerprint density at radius 1 is 1.35 bits per heavy atom. The predicted octanol–water partition coefficient (Wildman–Crippen LogP) is 4.58. The fourth-order valence-corrected chi connectivity index (χ4v) is 2.01. The van der Waals surface area contributed by atoms with Crippen LogP contribution in [-0.2, 0) is 4.79 Å². The molecule has 0 aliphatic rings. The number of hydrogen-bond donors (Lipinski definition) is 0. The van der Waals surface area contributed by atoms with Gasteiger partial charge in [0.1, 0.15) is 6.29 Å². The van der Waals surface area contributed by atoms with Crippen molar-refractivity contribution < 1.29 is 4.79 Å². The highest BCUT2D eigenvalue weighted by Gasteiger charge is 2.10. The first-order valence-corrected chi connectivity index (χ1v) is 6.43. The molecule has 0 radical (unpaired) electrons. The Bertz CT molecular complexity index is 379. The molecule has 17 heavy (non-hydrogen) atoms. The van der Waals surface area contributed by atoms with E-state index in [1.165, 1.54) is 19.3 Å². The van der Waals surface area contributed by atoms with Gasteiger partial charge in [0.2, 0.25) is 0 Å². The highest BCUT2D eigenvalue weighted by atomic mass is 16.1. The van der Waals surface area contributed by atoms with Crippen LogP contribution in [0, 0.1) is 0 Å². The van der Waals surface area contributed by atoms with Crippen molar-refractivity contribution in [2.45, 2.75) is 45.4 Å². The van der Waals surface area contributed by atoms with Crippen LogP contribution in [0.15, 0.2) is 30.8 Å². The topological polar surface area (TPSA) is 17.1 Å². The molecule has 0 saturated carbocycles. The van der Waals surface area contributed by atoms with Gasteiger partial charge in [0.15, 0.2) is 0 Å². The molecule has 0 N–H and O–H groups in total. The summed E-state index contributed by atoms with van der Waals surface area (Å²) in [6.45, 7) is 8.29. The van der Waals surface area contributed by atoms with Crippen molar-refractivity contribution in [3.05, 3.63) is 42.0 Å². The van der Waals surface area contributed by atoms with Gasteiger partial charge in [-0.1, -0.05) is 57.5 Å². The van der Waals surface area contributed by atoms with Crippen LogP contribution in [0.25, 0.3) is 5.57 Å². The molecule has 1 atom stereocenters. The van der Waals surface area contributed by atoms with Gasteiger partial charge in [0.05, 0.1) is 0 Å². The Kier molecular flexibility index (Phi) is 5.68. The number of carbonyl (C=O) groups is 1. The third-order valence-electron chi connectivity index (χ3n) is 3.12. The van der Waals surface area contributed by atoms with E-state index in [4.69, 9.17) is 0 Å². The van der Waals surface area contributed by atoms with Crippen molar-refractivity contribution in [2.75, 3.05) is 0 Å². The van der Waals surface area contributed by atoms with Crippen molar-refractivity contribution in [1.29, 1.82) is 0 Å². The Balaban J connectivity index is 2.81. The normalized spacial score (nSPS) is 12.1. The Hall–Kier alpha value is -1.37. The number of carbonyl (C=O) groups excluding carboxylic acids is 1. The van der Waals surface area contributed by atoms with Crippen LogP contribution in [0.3, 0.4) is 0 Å². The van der Waals surface area contributed by atoms with Crippen molar-refractivity contribution >= 4 is 11.9 Å². The number of allylic oxidation sites excluding steroid dienone is 1. The minimum atomic E-state index is -0.0471. The molecule has 0 aliphatic carbocycles. The molecule has 0 heterocycles. The van der Waals surface area contributed by atoms with E-state index in [1.807, 2.05) is 25.1 Å². The van der Waals surface area contributed by atoms with Crippen LogP contribution >= 0.6 is 0 Å². The largest absolute Gasteiger partial charge is 0.303 e. The maximum Gasteiger partial charge on any atom is 0.127 e. The fourth-order valence-electron chi connectivity index (χ4n) is 2.01. The number of hydrogen-bond acceptors (Lipinski definition) is 1. The van der Waals surface area contributed by atoms with Crippen molar-refractivity contribution in [1.82, 2.24) is 0 Å². The molecule has 1 nitrogen and oxygen atoms in total. The van der Waals surface area contributed by atoms with E-state index >= 15 is 0 Å². The summed E-state index contributed by atoms with van der Waals surface area (Å²) in [5.41, 5.74) is 3.41. The summed E-state index contributed by atoms with van der Waals surface area (Å²) in [7, 11) is 0. The van der Waals surface area contributed by atoms with Gasteiger partial charge in [-0.15, -0.1) is 0 Å². The van der Waals surface area contributed by atoms with E-state index in [0.717, 1.165) is 29.4 Å². The smallest absolute Gasteiger partial charge is 0.127 e. The third-order valence-corrected chi connectivity index (χ3v) is 3.12. The molecule has 0 spiro atoms. The summed E-state index contributed by atoms with van der Waals surface area (Å²) in [6, 6.07) is 8.10. The minimum absolute atomic E-state index is 0.0471. The van der Waals surface area contributed by atoms with Crippen molar-refractivity contribution in [3.8, 4) is 0 Å². The minimum Gasteiger partial charge on any atom is -0.303 e. The Morgan fingerprint density at radius 2 is 2.06 bits per heavy atom. The Labute approximate surface area is 105 Å². The van der Waals surface area contributed by atoms with Crippen molar-refractivity contribution in [3.63, 3.8) is 0 Å². The first kappa shape index (κ1) is 13.7. The van der Waals surface area contributed by atoms with Gasteiger partial charge in [-0.05, 0) is 29.5 Å². The molecular weight excluding hydrogens is 208 g/mol.